The zero-order chi connectivity index (χ0) is 30.4. The van der Waals surface area contributed by atoms with Crippen LogP contribution in [0.15, 0.2) is 52.6 Å². The summed E-state index contributed by atoms with van der Waals surface area (Å²) in [5.74, 6) is -1.21. The molecule has 2 atom stereocenters. The Balaban J connectivity index is 1.34. The average molecular weight is 598 g/mol. The number of benzene rings is 1. The Morgan fingerprint density at radius 3 is 2.40 bits per heavy atom. The molecule has 0 saturated carbocycles. The van der Waals surface area contributed by atoms with E-state index in [9.17, 15) is 45.4 Å². The Labute approximate surface area is 231 Å². The Hall–Kier alpha value is -4.34. The molecule has 2 N–H and O–H groups in total. The lowest BCUT2D eigenvalue weighted by molar-refractivity contribution is -0.139. The summed E-state index contributed by atoms with van der Waals surface area (Å²) in [5, 5.41) is 15.7. The van der Waals surface area contributed by atoms with Gasteiger partial charge in [0.2, 0.25) is 0 Å². The van der Waals surface area contributed by atoms with Crippen LogP contribution in [0.5, 0.6) is 0 Å². The van der Waals surface area contributed by atoms with Gasteiger partial charge in [-0.1, -0.05) is 0 Å². The van der Waals surface area contributed by atoms with Gasteiger partial charge in [-0.05, 0) is 42.8 Å². The average Bonchev–Trinajstić information content (AvgIpc) is 3.29. The molecule has 1 fully saturated rings. The van der Waals surface area contributed by atoms with E-state index in [4.69, 9.17) is 0 Å². The second-order valence-electron chi connectivity index (χ2n) is 9.82. The molecule has 0 bridgehead atoms. The lowest BCUT2D eigenvalue weighted by Gasteiger charge is -2.28. The number of fused-ring (bicyclic) bond motifs is 1. The van der Waals surface area contributed by atoms with E-state index in [0.29, 0.717) is 17.8 Å². The lowest BCUT2D eigenvalue weighted by Crippen LogP contribution is -2.35. The smallest absolute Gasteiger partial charge is 0.391 e. The number of aryl methyl sites for hydroxylation is 1. The lowest BCUT2D eigenvalue weighted by atomic mass is 10.1. The van der Waals surface area contributed by atoms with Crippen LogP contribution < -0.4 is 16.0 Å². The van der Waals surface area contributed by atoms with E-state index >= 15 is 0 Å². The van der Waals surface area contributed by atoms with Gasteiger partial charge in [0, 0.05) is 37.7 Å². The number of H-pyrrole nitrogens is 1. The summed E-state index contributed by atoms with van der Waals surface area (Å²) in [6.45, 7) is -0.0284. The fraction of sp³-hybridized carbons (Fsp3) is 0.346. The number of alkyl halides is 6. The summed E-state index contributed by atoms with van der Waals surface area (Å²) in [7, 11) is 0. The number of β-amino-alcohol motifs (C(OH)–C–C–N with tert-alkyl or cyclic N) is 1. The Morgan fingerprint density at radius 1 is 1.02 bits per heavy atom. The fourth-order valence-corrected chi connectivity index (χ4v) is 5.11. The third-order valence-corrected chi connectivity index (χ3v) is 7.04. The number of hydrogen-bond donors (Lipinski definition) is 2. The molecular weight excluding hydrogens is 577 g/mol. The number of nitrogens with zero attached hydrogens (tertiary/aromatic N) is 5. The summed E-state index contributed by atoms with van der Waals surface area (Å²) in [4.78, 5) is 33.5. The highest BCUT2D eigenvalue weighted by Gasteiger charge is 2.42. The van der Waals surface area contributed by atoms with E-state index in [1.165, 1.54) is 27.8 Å². The Bertz CT molecular complexity index is 1730. The first-order valence-electron chi connectivity index (χ1n) is 12.6. The van der Waals surface area contributed by atoms with Crippen molar-refractivity contribution in [2.45, 2.75) is 50.3 Å². The van der Waals surface area contributed by atoms with Crippen molar-refractivity contribution < 1.29 is 35.8 Å². The molecule has 222 valence electrons. The van der Waals surface area contributed by atoms with Crippen molar-refractivity contribution >= 4 is 16.5 Å². The van der Waals surface area contributed by atoms with Gasteiger partial charge in [0.15, 0.2) is 5.82 Å². The summed E-state index contributed by atoms with van der Waals surface area (Å²) >= 11 is 0. The molecule has 5 rings (SSSR count). The minimum atomic E-state index is -4.95. The quantitative estimate of drug-likeness (QED) is 0.321. The van der Waals surface area contributed by atoms with Gasteiger partial charge >= 0.3 is 12.4 Å². The summed E-state index contributed by atoms with van der Waals surface area (Å²) in [5.41, 5.74) is -5.11. The van der Waals surface area contributed by atoms with Crippen LogP contribution in [0.3, 0.4) is 0 Å². The molecule has 1 aliphatic heterocycles. The summed E-state index contributed by atoms with van der Waals surface area (Å²) in [6.07, 6.45) is -6.48. The number of rotatable bonds is 6. The topological polar surface area (TPSA) is 117 Å². The van der Waals surface area contributed by atoms with Crippen LogP contribution in [0.25, 0.3) is 22.2 Å². The number of anilines is 1. The van der Waals surface area contributed by atoms with E-state index in [1.54, 1.807) is 5.10 Å². The van der Waals surface area contributed by atoms with Gasteiger partial charge in [0.25, 0.3) is 11.1 Å². The normalized spacial score (nSPS) is 17.8. The third-order valence-electron chi connectivity index (χ3n) is 7.04. The van der Waals surface area contributed by atoms with Gasteiger partial charge in [-0.25, -0.2) is 19.5 Å². The first kappa shape index (κ1) is 29.2. The van der Waals surface area contributed by atoms with Gasteiger partial charge < -0.3 is 14.6 Å². The molecule has 0 amide bonds. The number of aromatic amines is 1. The van der Waals surface area contributed by atoms with Crippen molar-refractivity contribution in [3.05, 3.63) is 80.6 Å². The van der Waals surface area contributed by atoms with Crippen LogP contribution in [-0.2, 0) is 18.9 Å². The van der Waals surface area contributed by atoms with Crippen molar-refractivity contribution in [1.29, 1.82) is 0 Å². The van der Waals surface area contributed by atoms with Crippen molar-refractivity contribution in [2.75, 3.05) is 11.4 Å². The SMILES string of the molecule is O=c1[nH]ncc(N2C[C@@H](O)C[C@H]2CCCn2ccc3cc(-c4ncc(C(F)(F)F)cn4)c(F)cc3c2=O)c1C(F)(F)F. The minimum Gasteiger partial charge on any atom is -0.391 e. The maximum absolute atomic E-state index is 14.9. The number of aromatic nitrogens is 5. The van der Waals surface area contributed by atoms with Crippen LogP contribution in [0.2, 0.25) is 0 Å². The second-order valence-corrected chi connectivity index (χ2v) is 9.82. The summed E-state index contributed by atoms with van der Waals surface area (Å²) < 4.78 is 95.4. The van der Waals surface area contributed by atoms with Crippen molar-refractivity contribution in [2.24, 2.45) is 0 Å². The monoisotopic (exact) mass is 598 g/mol. The molecule has 0 aliphatic carbocycles. The standard InChI is InChI=1S/C26H21F7N6O3/c27-19-8-17-13(6-18(19)22-34-9-14(10-35-22)25(28,29)30)3-5-38(24(17)42)4-1-2-15-7-16(40)12-39(15)20-11-36-37-23(41)21(20)26(31,32)33/h3,5-6,8-11,15-16,40H,1-2,4,7,12H2,(H,37,41)/t15-,16+/m1/s1. The highest BCUT2D eigenvalue weighted by molar-refractivity contribution is 5.86. The van der Waals surface area contributed by atoms with Crippen LogP contribution in [0.1, 0.15) is 30.4 Å². The molecule has 4 heterocycles. The van der Waals surface area contributed by atoms with E-state index in [2.05, 4.69) is 15.1 Å². The Kier molecular flexibility index (Phi) is 7.51. The van der Waals surface area contributed by atoms with Gasteiger partial charge in [-0.2, -0.15) is 31.4 Å². The van der Waals surface area contributed by atoms with Crippen LogP contribution in [0.4, 0.5) is 36.4 Å². The molecule has 1 aliphatic rings. The first-order valence-corrected chi connectivity index (χ1v) is 12.6. The molecule has 4 aromatic rings. The molecular formula is C26H21F7N6O3. The van der Waals surface area contributed by atoms with Crippen LogP contribution >= 0.6 is 0 Å². The van der Waals surface area contributed by atoms with Gasteiger partial charge in [0.05, 0.1) is 34.5 Å². The number of aliphatic hydroxyl groups excluding tert-OH is 1. The van der Waals surface area contributed by atoms with E-state index in [0.717, 1.165) is 12.3 Å². The molecule has 0 radical (unpaired) electrons. The van der Waals surface area contributed by atoms with Crippen LogP contribution in [-0.4, -0.2) is 48.5 Å². The predicted octanol–water partition coefficient (Wildman–Crippen LogP) is 4.14. The Morgan fingerprint density at radius 2 is 1.74 bits per heavy atom. The van der Waals surface area contributed by atoms with Crippen molar-refractivity contribution in [3.63, 3.8) is 0 Å². The summed E-state index contributed by atoms with van der Waals surface area (Å²) in [6, 6.07) is 3.13. The van der Waals surface area contributed by atoms with E-state index in [1.807, 2.05) is 0 Å². The number of halogens is 7. The number of aliphatic hydroxyl groups is 1. The van der Waals surface area contributed by atoms with Gasteiger partial charge in [0.1, 0.15) is 11.4 Å². The second kappa shape index (κ2) is 10.8. The van der Waals surface area contributed by atoms with Gasteiger partial charge in [-0.3, -0.25) is 9.59 Å². The largest absolute Gasteiger partial charge is 0.423 e. The minimum absolute atomic E-state index is 0.00650. The zero-order valence-electron chi connectivity index (χ0n) is 21.4. The third kappa shape index (κ3) is 5.70. The molecule has 9 nitrogen and oxygen atoms in total. The molecule has 1 aromatic carbocycles. The number of nitrogens with one attached hydrogen (secondary N) is 1. The molecule has 42 heavy (non-hydrogen) atoms. The maximum Gasteiger partial charge on any atom is 0.423 e. The van der Waals surface area contributed by atoms with E-state index < -0.39 is 58.2 Å². The highest BCUT2D eigenvalue weighted by Crippen LogP contribution is 2.37. The zero-order valence-corrected chi connectivity index (χ0v) is 21.4. The molecule has 1 saturated heterocycles. The highest BCUT2D eigenvalue weighted by atomic mass is 19.4. The van der Waals surface area contributed by atoms with E-state index in [-0.39, 0.29) is 49.1 Å². The van der Waals surface area contributed by atoms with Crippen molar-refractivity contribution in [1.82, 2.24) is 24.7 Å². The molecule has 0 spiro atoms. The molecule has 0 unspecified atom stereocenters. The predicted molar refractivity (Wildman–Crippen MR) is 135 cm³/mol. The number of pyridine rings is 1. The fourth-order valence-electron chi connectivity index (χ4n) is 5.11. The van der Waals surface area contributed by atoms with Crippen LogP contribution in [0, 0.1) is 5.82 Å². The maximum atomic E-state index is 14.9. The first-order chi connectivity index (χ1) is 19.7. The molecule has 16 heteroatoms. The van der Waals surface area contributed by atoms with Gasteiger partial charge in [-0.15, -0.1) is 0 Å². The number of hydrogen-bond acceptors (Lipinski definition) is 7. The molecule has 3 aromatic heterocycles. The van der Waals surface area contributed by atoms with Crippen molar-refractivity contribution in [3.8, 4) is 11.4 Å².